The molecule has 0 spiro atoms. The van der Waals surface area contributed by atoms with Gasteiger partial charge in [0.25, 0.3) is 0 Å². The predicted molar refractivity (Wildman–Crippen MR) is 112 cm³/mol. The van der Waals surface area contributed by atoms with Crippen LogP contribution in [0.15, 0.2) is 29.2 Å². The molecule has 1 amide bonds. The van der Waals surface area contributed by atoms with Gasteiger partial charge in [0.2, 0.25) is 15.9 Å². The van der Waals surface area contributed by atoms with Gasteiger partial charge < -0.3 is 4.90 Å². The van der Waals surface area contributed by atoms with Crippen LogP contribution in [0.5, 0.6) is 0 Å². The summed E-state index contributed by atoms with van der Waals surface area (Å²) in [5.74, 6) is 0.198. The molecule has 7 nitrogen and oxygen atoms in total. The average Bonchev–Trinajstić information content (AvgIpc) is 3.17. The Labute approximate surface area is 173 Å². The van der Waals surface area contributed by atoms with Crippen LogP contribution in [0.4, 0.5) is 0 Å². The van der Waals surface area contributed by atoms with Crippen molar-refractivity contribution in [1.29, 1.82) is 0 Å². The Morgan fingerprint density at radius 3 is 2.24 bits per heavy atom. The van der Waals surface area contributed by atoms with E-state index in [1.54, 1.807) is 18.5 Å². The number of amides is 1. The van der Waals surface area contributed by atoms with Gasteiger partial charge in [0.15, 0.2) is 0 Å². The van der Waals surface area contributed by atoms with Crippen LogP contribution in [0, 0.1) is 13.8 Å². The molecule has 3 rings (SSSR count). The Bertz CT molecular complexity index is 1000. The lowest BCUT2D eigenvalue weighted by molar-refractivity contribution is -0.128. The number of aromatic nitrogens is 2. The summed E-state index contributed by atoms with van der Waals surface area (Å²) in [5.41, 5.74) is 2.74. The molecule has 1 aliphatic rings. The minimum absolute atomic E-state index is 0.198. The molecule has 1 aromatic carbocycles. The lowest BCUT2D eigenvalue weighted by atomic mass is 10.1. The second-order valence-electron chi connectivity index (χ2n) is 8.64. The maximum Gasteiger partial charge on any atom is 0.244 e. The van der Waals surface area contributed by atoms with E-state index < -0.39 is 10.0 Å². The molecule has 1 aromatic heterocycles. The van der Waals surface area contributed by atoms with Gasteiger partial charge >= 0.3 is 0 Å². The molecule has 29 heavy (non-hydrogen) atoms. The number of sulfonamides is 1. The zero-order valence-electron chi connectivity index (χ0n) is 17.8. The molecule has 0 radical (unpaired) electrons. The second-order valence-corrected chi connectivity index (χ2v) is 10.3. The molecule has 2 heterocycles. The highest BCUT2D eigenvalue weighted by Gasteiger charge is 2.28. The maximum atomic E-state index is 12.9. The van der Waals surface area contributed by atoms with Gasteiger partial charge in [-0.15, -0.1) is 0 Å². The molecule has 1 fully saturated rings. The summed E-state index contributed by atoms with van der Waals surface area (Å²) in [6.07, 6.45) is 1.55. The van der Waals surface area contributed by atoms with Crippen LogP contribution in [0.1, 0.15) is 56.1 Å². The minimum atomic E-state index is -3.68. The fraction of sp³-hybridized carbons (Fsp3) is 0.524. The molecule has 0 unspecified atom stereocenters. The van der Waals surface area contributed by atoms with Crippen LogP contribution >= 0.6 is 0 Å². The number of nitrogens with zero attached hydrogens (tertiary/aromatic N) is 3. The number of nitrogens with one attached hydrogen (secondary N) is 1. The zero-order chi connectivity index (χ0) is 21.4. The van der Waals surface area contributed by atoms with Crippen molar-refractivity contribution in [3.8, 4) is 0 Å². The molecule has 1 saturated heterocycles. The third-order valence-electron chi connectivity index (χ3n) is 5.16. The van der Waals surface area contributed by atoms with Gasteiger partial charge in [-0.3, -0.25) is 9.48 Å². The number of hydrogen-bond donors (Lipinski definition) is 1. The highest BCUT2D eigenvalue weighted by Crippen LogP contribution is 2.25. The summed E-state index contributed by atoms with van der Waals surface area (Å²) < 4.78 is 30.3. The molecule has 0 saturated carbocycles. The van der Waals surface area contributed by atoms with Gasteiger partial charge in [0.05, 0.1) is 16.9 Å². The molecule has 158 valence electrons. The standard InChI is InChI=1S/C21H30N4O3S/c1-15-20(16(2)25(23-15)21(3,4)5)29(27,28)22-13-17-8-10-18(11-9-17)14-24-12-6-7-19(24)26/h8-11,22H,6-7,12-14H2,1-5H3. The summed E-state index contributed by atoms with van der Waals surface area (Å²) in [5, 5.41) is 4.43. The molecule has 2 aromatic rings. The van der Waals surface area contributed by atoms with Crippen molar-refractivity contribution in [2.75, 3.05) is 6.54 Å². The molecule has 0 bridgehead atoms. The third-order valence-corrected chi connectivity index (χ3v) is 6.82. The van der Waals surface area contributed by atoms with Crippen LogP contribution in [-0.4, -0.2) is 35.6 Å². The zero-order valence-corrected chi connectivity index (χ0v) is 18.6. The van der Waals surface area contributed by atoms with Gasteiger partial charge in [-0.2, -0.15) is 5.10 Å². The van der Waals surface area contributed by atoms with Crippen molar-refractivity contribution >= 4 is 15.9 Å². The lowest BCUT2D eigenvalue weighted by Gasteiger charge is -2.21. The number of likely N-dealkylation sites (tertiary alicyclic amines) is 1. The quantitative estimate of drug-likeness (QED) is 0.782. The number of rotatable bonds is 6. The van der Waals surface area contributed by atoms with Crippen molar-refractivity contribution in [1.82, 2.24) is 19.4 Å². The summed E-state index contributed by atoms with van der Waals surface area (Å²) in [6, 6.07) is 7.69. The number of benzene rings is 1. The van der Waals surface area contributed by atoms with Gasteiger partial charge in [-0.05, 0) is 52.2 Å². The van der Waals surface area contributed by atoms with E-state index in [1.165, 1.54) is 0 Å². The molecular formula is C21H30N4O3S. The van der Waals surface area contributed by atoms with Crippen LogP contribution in [0.25, 0.3) is 0 Å². The highest BCUT2D eigenvalue weighted by atomic mass is 32.2. The first-order valence-corrected chi connectivity index (χ1v) is 11.4. The summed E-state index contributed by atoms with van der Waals surface area (Å²) in [6.45, 7) is 11.1. The normalized spacial score (nSPS) is 15.3. The first-order valence-electron chi connectivity index (χ1n) is 9.91. The minimum Gasteiger partial charge on any atom is -0.338 e. The monoisotopic (exact) mass is 418 g/mol. The molecule has 1 aliphatic heterocycles. The van der Waals surface area contributed by atoms with Crippen molar-refractivity contribution in [3.63, 3.8) is 0 Å². The first kappa shape index (κ1) is 21.5. The number of aryl methyl sites for hydroxylation is 1. The number of carbonyl (C=O) groups excluding carboxylic acids is 1. The van der Waals surface area contributed by atoms with Crippen molar-refractivity contribution in [2.24, 2.45) is 0 Å². The van der Waals surface area contributed by atoms with Gasteiger partial charge in [0.1, 0.15) is 4.90 Å². The van der Waals surface area contributed by atoms with E-state index in [0.29, 0.717) is 24.4 Å². The fourth-order valence-corrected chi connectivity index (χ4v) is 5.18. The van der Waals surface area contributed by atoms with Crippen LogP contribution in [-0.2, 0) is 33.4 Å². The smallest absolute Gasteiger partial charge is 0.244 e. The van der Waals surface area contributed by atoms with Crippen molar-refractivity contribution < 1.29 is 13.2 Å². The third kappa shape index (κ3) is 4.70. The van der Waals surface area contributed by atoms with E-state index >= 15 is 0 Å². The van der Waals surface area contributed by atoms with E-state index in [9.17, 15) is 13.2 Å². The van der Waals surface area contributed by atoms with E-state index in [0.717, 1.165) is 24.1 Å². The van der Waals surface area contributed by atoms with E-state index in [2.05, 4.69) is 9.82 Å². The number of carbonyl (C=O) groups is 1. The number of hydrogen-bond acceptors (Lipinski definition) is 4. The van der Waals surface area contributed by atoms with Crippen molar-refractivity contribution in [2.45, 2.75) is 71.0 Å². The predicted octanol–water partition coefficient (Wildman–Crippen LogP) is 2.86. The van der Waals surface area contributed by atoms with Gasteiger partial charge in [-0.25, -0.2) is 13.1 Å². The molecule has 0 aliphatic carbocycles. The largest absolute Gasteiger partial charge is 0.338 e. The molecule has 0 atom stereocenters. The Hall–Kier alpha value is -2.19. The highest BCUT2D eigenvalue weighted by molar-refractivity contribution is 7.89. The Morgan fingerprint density at radius 1 is 1.10 bits per heavy atom. The van der Waals surface area contributed by atoms with Gasteiger partial charge in [-0.1, -0.05) is 24.3 Å². The molecule has 1 N–H and O–H groups in total. The van der Waals surface area contributed by atoms with Gasteiger partial charge in [0, 0.05) is 26.1 Å². The SMILES string of the molecule is Cc1nn(C(C)(C)C)c(C)c1S(=O)(=O)NCc1ccc(CN2CCCC2=O)cc1. The Balaban J connectivity index is 1.69. The summed E-state index contributed by atoms with van der Waals surface area (Å²) in [4.78, 5) is 13.9. The van der Waals surface area contributed by atoms with E-state index in [1.807, 2.05) is 49.9 Å². The maximum absolute atomic E-state index is 12.9. The average molecular weight is 419 g/mol. The van der Waals surface area contributed by atoms with Crippen molar-refractivity contribution in [3.05, 3.63) is 46.8 Å². The molecule has 8 heteroatoms. The van der Waals surface area contributed by atoms with E-state index in [-0.39, 0.29) is 22.9 Å². The summed E-state index contributed by atoms with van der Waals surface area (Å²) in [7, 11) is -3.68. The Morgan fingerprint density at radius 2 is 1.72 bits per heavy atom. The van der Waals surface area contributed by atoms with Crippen LogP contribution < -0.4 is 4.72 Å². The summed E-state index contributed by atoms with van der Waals surface area (Å²) >= 11 is 0. The van der Waals surface area contributed by atoms with Crippen LogP contribution in [0.3, 0.4) is 0 Å². The Kier molecular flexibility index (Phi) is 5.87. The van der Waals surface area contributed by atoms with E-state index in [4.69, 9.17) is 0 Å². The lowest BCUT2D eigenvalue weighted by Crippen LogP contribution is -2.27. The first-order chi connectivity index (χ1) is 13.5. The second kappa shape index (κ2) is 7.91. The van der Waals surface area contributed by atoms with Crippen LogP contribution in [0.2, 0.25) is 0 Å². The topological polar surface area (TPSA) is 84.3 Å². The fourth-order valence-electron chi connectivity index (χ4n) is 3.78. The molecular weight excluding hydrogens is 388 g/mol.